The average Bonchev–Trinajstić information content (AvgIpc) is 2.95. The molecule has 3 heterocycles. The lowest BCUT2D eigenvalue weighted by atomic mass is 10.1. The summed E-state index contributed by atoms with van der Waals surface area (Å²) < 4.78 is 0. The number of H-pyrrole nitrogens is 1. The number of alkyl halides is 1. The van der Waals surface area contributed by atoms with Crippen LogP contribution in [0.5, 0.6) is 0 Å². The molecule has 1 aliphatic heterocycles. The molecule has 2 fully saturated rings. The van der Waals surface area contributed by atoms with Gasteiger partial charge in [-0.3, -0.25) is 4.79 Å². The van der Waals surface area contributed by atoms with Gasteiger partial charge in [-0.05, 0) is 35.8 Å². The average molecular weight is 368 g/mol. The maximum atomic E-state index is 12.8. The van der Waals surface area contributed by atoms with Crippen molar-refractivity contribution < 1.29 is 4.79 Å². The van der Waals surface area contributed by atoms with Gasteiger partial charge in [0.1, 0.15) is 0 Å². The molecule has 1 saturated heterocycles. The van der Waals surface area contributed by atoms with Crippen LogP contribution in [0.3, 0.4) is 0 Å². The Balaban J connectivity index is 1.56. The molecule has 1 saturated carbocycles. The number of carbonyl (C=O) groups excluding carboxylic acids is 1. The van der Waals surface area contributed by atoms with Crippen LogP contribution < -0.4 is 0 Å². The van der Waals surface area contributed by atoms with Gasteiger partial charge < -0.3 is 4.90 Å². The molecule has 0 spiro atoms. The minimum Gasteiger partial charge on any atom is -0.334 e. The van der Waals surface area contributed by atoms with Crippen molar-refractivity contribution in [2.24, 2.45) is 5.92 Å². The summed E-state index contributed by atoms with van der Waals surface area (Å²) >= 11 is 5.19. The largest absolute Gasteiger partial charge is 0.334 e. The van der Waals surface area contributed by atoms with E-state index < -0.39 is 0 Å². The van der Waals surface area contributed by atoms with Crippen LogP contribution in [0.1, 0.15) is 33.9 Å². The Labute approximate surface area is 134 Å². The van der Waals surface area contributed by atoms with Gasteiger partial charge in [0.25, 0.3) is 5.91 Å². The molecule has 6 nitrogen and oxygen atoms in total. The quantitative estimate of drug-likeness (QED) is 0.840. The van der Waals surface area contributed by atoms with E-state index in [0.717, 1.165) is 23.4 Å². The van der Waals surface area contributed by atoms with Gasteiger partial charge >= 0.3 is 0 Å². The zero-order chi connectivity index (χ0) is 14.4. The third-order valence-corrected chi connectivity index (χ3v) is 6.43. The first-order valence-corrected chi connectivity index (χ1v) is 8.79. The predicted molar refractivity (Wildman–Crippen MR) is 81.6 cm³/mol. The summed E-state index contributed by atoms with van der Waals surface area (Å²) in [6.45, 7) is 0.863. The van der Waals surface area contributed by atoms with Gasteiger partial charge in [-0.2, -0.15) is 5.21 Å². The van der Waals surface area contributed by atoms with Crippen LogP contribution in [-0.4, -0.2) is 48.8 Å². The first kappa shape index (κ1) is 13.4. The fourth-order valence-corrected chi connectivity index (χ4v) is 5.11. The molecule has 110 valence electrons. The SMILES string of the molecule is O=C(c1sccc1Cc1nn[nH]n1)N1CCC[C@@H]2[C@@H](Br)[C@@H]21. The van der Waals surface area contributed by atoms with E-state index in [1.807, 2.05) is 16.3 Å². The monoisotopic (exact) mass is 367 g/mol. The molecule has 2 aromatic rings. The van der Waals surface area contributed by atoms with Gasteiger partial charge in [-0.25, -0.2) is 0 Å². The molecule has 8 heteroatoms. The standard InChI is InChI=1S/C13H14BrN5OS/c14-10-8-2-1-4-19(11(8)10)13(20)12-7(3-5-21-12)6-9-15-17-18-16-9/h3,5,8,10-11H,1-2,4,6H2,(H,15,16,17,18)/t8-,10-,11-/m1/s1. The normalized spacial score (nSPS) is 27.5. The van der Waals surface area contributed by atoms with Crippen molar-refractivity contribution in [1.82, 2.24) is 25.5 Å². The lowest BCUT2D eigenvalue weighted by Crippen LogP contribution is -2.38. The molecule has 2 aromatic heterocycles. The Hall–Kier alpha value is -1.28. The van der Waals surface area contributed by atoms with Crippen molar-refractivity contribution in [3.05, 3.63) is 27.7 Å². The van der Waals surface area contributed by atoms with E-state index in [9.17, 15) is 4.79 Å². The molecule has 4 rings (SSSR count). The van der Waals surface area contributed by atoms with E-state index >= 15 is 0 Å². The third kappa shape index (κ3) is 2.30. The van der Waals surface area contributed by atoms with Crippen LogP contribution in [0.4, 0.5) is 0 Å². The summed E-state index contributed by atoms with van der Waals surface area (Å²) in [5.41, 5.74) is 0.986. The fraction of sp³-hybridized carbons (Fsp3) is 0.538. The van der Waals surface area contributed by atoms with E-state index in [0.29, 0.717) is 29.0 Å². The number of likely N-dealkylation sites (tertiary alicyclic amines) is 1. The molecule has 0 aromatic carbocycles. The topological polar surface area (TPSA) is 74.8 Å². The number of amides is 1. The number of fused-ring (bicyclic) bond motifs is 1. The van der Waals surface area contributed by atoms with Crippen molar-refractivity contribution in [1.29, 1.82) is 0 Å². The van der Waals surface area contributed by atoms with Crippen molar-refractivity contribution in [3.63, 3.8) is 0 Å². The van der Waals surface area contributed by atoms with Gasteiger partial charge in [0.15, 0.2) is 5.82 Å². The summed E-state index contributed by atoms with van der Waals surface area (Å²) in [5.74, 6) is 1.41. The summed E-state index contributed by atoms with van der Waals surface area (Å²) in [5, 5.41) is 15.9. The Morgan fingerprint density at radius 2 is 2.48 bits per heavy atom. The van der Waals surface area contributed by atoms with Gasteiger partial charge in [-0.15, -0.1) is 21.5 Å². The summed E-state index contributed by atoms with van der Waals surface area (Å²) in [7, 11) is 0. The van der Waals surface area contributed by atoms with E-state index in [4.69, 9.17) is 0 Å². The first-order valence-electron chi connectivity index (χ1n) is 6.99. The molecule has 0 bridgehead atoms. The number of halogens is 1. The van der Waals surface area contributed by atoms with Crippen molar-refractivity contribution >= 4 is 33.2 Å². The second-order valence-corrected chi connectivity index (χ2v) is 7.49. The zero-order valence-electron chi connectivity index (χ0n) is 11.2. The van der Waals surface area contributed by atoms with Gasteiger partial charge in [-0.1, -0.05) is 21.1 Å². The van der Waals surface area contributed by atoms with Gasteiger partial charge in [0.05, 0.1) is 4.88 Å². The molecule has 1 amide bonds. The number of hydrogen-bond acceptors (Lipinski definition) is 5. The molecule has 2 aliphatic rings. The number of piperidine rings is 1. The van der Waals surface area contributed by atoms with Crippen molar-refractivity contribution in [2.75, 3.05) is 6.54 Å². The Morgan fingerprint density at radius 3 is 3.29 bits per heavy atom. The first-order chi connectivity index (χ1) is 10.3. The highest BCUT2D eigenvalue weighted by molar-refractivity contribution is 9.09. The molecule has 0 unspecified atom stereocenters. The second-order valence-electron chi connectivity index (χ2n) is 5.52. The van der Waals surface area contributed by atoms with Crippen molar-refractivity contribution in [2.45, 2.75) is 30.1 Å². The van der Waals surface area contributed by atoms with Crippen LogP contribution in [0.15, 0.2) is 11.4 Å². The molecule has 3 atom stereocenters. The predicted octanol–water partition coefficient (Wildman–Crippen LogP) is 1.85. The minimum absolute atomic E-state index is 0.153. The summed E-state index contributed by atoms with van der Waals surface area (Å²) in [6, 6.07) is 2.36. The number of tetrazole rings is 1. The Morgan fingerprint density at radius 1 is 1.57 bits per heavy atom. The van der Waals surface area contributed by atoms with Gasteiger partial charge in [0, 0.05) is 23.8 Å². The molecule has 21 heavy (non-hydrogen) atoms. The van der Waals surface area contributed by atoms with Crippen molar-refractivity contribution in [3.8, 4) is 0 Å². The zero-order valence-corrected chi connectivity index (χ0v) is 13.6. The maximum Gasteiger partial charge on any atom is 0.264 e. The van der Waals surface area contributed by atoms with Gasteiger partial charge in [0.2, 0.25) is 0 Å². The van der Waals surface area contributed by atoms with E-state index in [1.54, 1.807) is 0 Å². The molecule has 1 N–H and O–H groups in total. The van der Waals surface area contributed by atoms with Crippen LogP contribution in [0.25, 0.3) is 0 Å². The molecular weight excluding hydrogens is 354 g/mol. The summed E-state index contributed by atoms with van der Waals surface area (Å²) in [6.07, 6.45) is 2.87. The van der Waals surface area contributed by atoms with Crippen LogP contribution in [-0.2, 0) is 6.42 Å². The number of aromatic amines is 1. The molecular formula is C13H14BrN5OS. The molecule has 0 radical (unpaired) electrons. The smallest absolute Gasteiger partial charge is 0.264 e. The number of nitrogens with zero attached hydrogens (tertiary/aromatic N) is 4. The number of hydrogen-bond donors (Lipinski definition) is 1. The minimum atomic E-state index is 0.153. The number of aromatic nitrogens is 4. The van der Waals surface area contributed by atoms with Crippen LogP contribution in [0.2, 0.25) is 0 Å². The highest BCUT2D eigenvalue weighted by atomic mass is 79.9. The third-order valence-electron chi connectivity index (χ3n) is 4.27. The maximum absolute atomic E-state index is 12.8. The number of carbonyl (C=O) groups is 1. The second kappa shape index (κ2) is 5.17. The molecule has 1 aliphatic carbocycles. The lowest BCUT2D eigenvalue weighted by Gasteiger charge is -2.26. The fourth-order valence-electron chi connectivity index (χ4n) is 3.15. The lowest BCUT2D eigenvalue weighted by molar-refractivity contribution is 0.0711. The highest BCUT2D eigenvalue weighted by Crippen LogP contribution is 2.49. The summed E-state index contributed by atoms with van der Waals surface area (Å²) in [4.78, 5) is 16.2. The number of thiophene rings is 1. The Bertz CT molecular complexity index is 657. The van der Waals surface area contributed by atoms with Crippen LogP contribution >= 0.6 is 27.3 Å². The van der Waals surface area contributed by atoms with E-state index in [-0.39, 0.29) is 5.91 Å². The van der Waals surface area contributed by atoms with E-state index in [1.165, 1.54) is 17.8 Å². The number of nitrogens with one attached hydrogen (secondary N) is 1. The van der Waals surface area contributed by atoms with E-state index in [2.05, 4.69) is 36.6 Å². The highest BCUT2D eigenvalue weighted by Gasteiger charge is 2.55. The number of rotatable bonds is 3. The Kier molecular flexibility index (Phi) is 3.30. The van der Waals surface area contributed by atoms with Crippen LogP contribution in [0, 0.1) is 5.92 Å².